The summed E-state index contributed by atoms with van der Waals surface area (Å²) in [6.07, 6.45) is 3.88. The van der Waals surface area contributed by atoms with Gasteiger partial charge in [-0.2, -0.15) is 0 Å². The van der Waals surface area contributed by atoms with Crippen molar-refractivity contribution in [3.8, 4) is 0 Å². The summed E-state index contributed by atoms with van der Waals surface area (Å²) in [7, 11) is 1.48. The van der Waals surface area contributed by atoms with Crippen LogP contribution in [-0.2, 0) is 7.05 Å². The van der Waals surface area contributed by atoms with E-state index in [2.05, 4.69) is 77.3 Å². The first kappa shape index (κ1) is 12.1. The summed E-state index contributed by atoms with van der Waals surface area (Å²) in [6.45, 7) is 0. The molecule has 1 aromatic heterocycles. The molecule has 0 saturated carbocycles. The quantitative estimate of drug-likeness (QED) is 0.664. The molecule has 0 radical (unpaired) electrons. The fourth-order valence-electron chi connectivity index (χ4n) is 2.11. The molecular formula is C16H15N2P. The third-order valence-electron chi connectivity index (χ3n) is 3.02. The zero-order valence-electron chi connectivity index (χ0n) is 10.8. The lowest BCUT2D eigenvalue weighted by Crippen LogP contribution is -2.26. The van der Waals surface area contributed by atoms with Gasteiger partial charge in [-0.05, 0) is 10.6 Å². The van der Waals surface area contributed by atoms with Crippen molar-refractivity contribution in [2.24, 2.45) is 7.05 Å². The second-order valence-corrected chi connectivity index (χ2v) is 6.45. The fraction of sp³-hybridized carbons (Fsp3) is 0.0625. The van der Waals surface area contributed by atoms with Gasteiger partial charge in [0.2, 0.25) is 0 Å². The van der Waals surface area contributed by atoms with Crippen LogP contribution < -0.4 is 16.2 Å². The van der Waals surface area contributed by atoms with Gasteiger partial charge < -0.3 is 4.57 Å². The Morgan fingerprint density at radius 3 is 1.79 bits per heavy atom. The minimum absolute atomic E-state index is 0.578. The third-order valence-corrected chi connectivity index (χ3v) is 5.48. The van der Waals surface area contributed by atoms with Gasteiger partial charge in [-0.1, -0.05) is 60.7 Å². The maximum absolute atomic E-state index is 4.56. The zero-order valence-corrected chi connectivity index (χ0v) is 11.7. The van der Waals surface area contributed by atoms with Gasteiger partial charge in [0.1, 0.15) is 5.57 Å². The van der Waals surface area contributed by atoms with Gasteiger partial charge in [-0.25, -0.2) is 4.98 Å². The summed E-state index contributed by atoms with van der Waals surface area (Å²) in [5.74, 6) is 0. The van der Waals surface area contributed by atoms with Crippen LogP contribution in [0, 0.1) is 0 Å². The van der Waals surface area contributed by atoms with E-state index in [1.807, 2.05) is 12.4 Å². The van der Waals surface area contributed by atoms with Gasteiger partial charge >= 0.3 is 0 Å². The lowest BCUT2D eigenvalue weighted by molar-refractivity contribution is 0.952. The Labute approximate surface area is 114 Å². The molecule has 0 aliphatic rings. The Balaban J connectivity index is 2.15. The first-order valence-electron chi connectivity index (χ1n) is 6.24. The van der Waals surface area contributed by atoms with Crippen LogP contribution in [0.25, 0.3) is 0 Å². The highest BCUT2D eigenvalue weighted by Gasteiger charge is 2.19. The molecule has 94 valence electrons. The molecule has 0 atom stereocenters. The normalized spacial score (nSPS) is 10.8. The summed E-state index contributed by atoms with van der Waals surface area (Å²) in [5, 5.41) is 2.66. The maximum atomic E-state index is 4.56. The second-order valence-electron chi connectivity index (χ2n) is 4.34. The Kier molecular flexibility index (Phi) is 3.43. The Morgan fingerprint density at radius 2 is 1.37 bits per heavy atom. The standard InChI is InChI=1S/C16H15N2P/c1-18-13-12-17-16(18)19(14-8-4-2-5-9-14)15-10-6-3-7-11-15/h2-13H,1H3. The monoisotopic (exact) mass is 266 g/mol. The van der Waals surface area contributed by atoms with Crippen molar-refractivity contribution in [3.05, 3.63) is 73.1 Å². The van der Waals surface area contributed by atoms with Gasteiger partial charge in [0.05, 0.1) is 0 Å². The van der Waals surface area contributed by atoms with Crippen molar-refractivity contribution in [1.29, 1.82) is 0 Å². The van der Waals surface area contributed by atoms with E-state index < -0.39 is 7.92 Å². The SMILES string of the molecule is Cn1ccnc1P(c1ccccc1)c1ccccc1. The van der Waals surface area contributed by atoms with E-state index >= 15 is 0 Å². The van der Waals surface area contributed by atoms with Crippen LogP contribution in [0.2, 0.25) is 0 Å². The highest BCUT2D eigenvalue weighted by atomic mass is 31.1. The van der Waals surface area contributed by atoms with E-state index in [1.165, 1.54) is 10.6 Å². The Bertz CT molecular complexity index is 607. The molecule has 1 heterocycles. The average Bonchev–Trinajstić information content (AvgIpc) is 2.88. The largest absolute Gasteiger partial charge is 0.334 e. The third kappa shape index (κ3) is 2.45. The predicted octanol–water partition coefficient (Wildman–Crippen LogP) is 2.18. The van der Waals surface area contributed by atoms with Gasteiger partial charge in [-0.3, -0.25) is 0 Å². The molecular weight excluding hydrogens is 251 g/mol. The molecule has 0 unspecified atom stereocenters. The first-order valence-corrected chi connectivity index (χ1v) is 7.58. The Morgan fingerprint density at radius 1 is 0.842 bits per heavy atom. The molecule has 0 saturated heterocycles. The number of hydrogen-bond donors (Lipinski definition) is 0. The Hall–Kier alpha value is -1.92. The summed E-state index contributed by atoms with van der Waals surface area (Å²) < 4.78 is 2.12. The van der Waals surface area contributed by atoms with Crippen LogP contribution in [0.5, 0.6) is 0 Å². The van der Waals surface area contributed by atoms with E-state index in [9.17, 15) is 0 Å². The highest BCUT2D eigenvalue weighted by molar-refractivity contribution is 7.79. The lowest BCUT2D eigenvalue weighted by Gasteiger charge is -2.18. The van der Waals surface area contributed by atoms with Gasteiger partial charge in [0.15, 0.2) is 0 Å². The average molecular weight is 266 g/mol. The van der Waals surface area contributed by atoms with E-state index in [0.29, 0.717) is 0 Å². The van der Waals surface area contributed by atoms with Crippen LogP contribution in [0.3, 0.4) is 0 Å². The van der Waals surface area contributed by atoms with Crippen molar-refractivity contribution in [2.45, 2.75) is 0 Å². The van der Waals surface area contributed by atoms with Gasteiger partial charge in [0, 0.05) is 27.4 Å². The van der Waals surface area contributed by atoms with Gasteiger partial charge in [-0.15, -0.1) is 0 Å². The molecule has 2 aromatic carbocycles. The molecule has 0 spiro atoms. The van der Waals surface area contributed by atoms with E-state index in [1.54, 1.807) is 0 Å². The second kappa shape index (κ2) is 5.38. The molecule has 2 nitrogen and oxygen atoms in total. The van der Waals surface area contributed by atoms with Crippen LogP contribution in [0.15, 0.2) is 73.1 Å². The molecule has 0 bridgehead atoms. The predicted molar refractivity (Wildman–Crippen MR) is 81.9 cm³/mol. The molecule has 3 aromatic rings. The summed E-state index contributed by atoms with van der Waals surface area (Å²) in [6, 6.07) is 21.2. The number of rotatable bonds is 3. The van der Waals surface area contributed by atoms with Crippen LogP contribution in [0.1, 0.15) is 0 Å². The molecule has 3 heteroatoms. The number of benzene rings is 2. The summed E-state index contributed by atoms with van der Waals surface area (Å²) in [4.78, 5) is 4.56. The van der Waals surface area contributed by atoms with Crippen LogP contribution in [0.4, 0.5) is 0 Å². The highest BCUT2D eigenvalue weighted by Crippen LogP contribution is 2.31. The topological polar surface area (TPSA) is 17.8 Å². The molecule has 0 aliphatic heterocycles. The van der Waals surface area contributed by atoms with E-state index in [-0.39, 0.29) is 0 Å². The molecule has 0 N–H and O–H groups in total. The molecule has 0 aliphatic carbocycles. The van der Waals surface area contributed by atoms with Crippen molar-refractivity contribution in [3.63, 3.8) is 0 Å². The van der Waals surface area contributed by atoms with Crippen molar-refractivity contribution < 1.29 is 0 Å². The first-order chi connectivity index (χ1) is 9.36. The number of nitrogens with zero attached hydrogens (tertiary/aromatic N) is 2. The minimum Gasteiger partial charge on any atom is -0.334 e. The fourth-order valence-corrected chi connectivity index (χ4v) is 4.37. The maximum Gasteiger partial charge on any atom is 0.140 e. The van der Waals surface area contributed by atoms with Crippen LogP contribution in [-0.4, -0.2) is 9.55 Å². The van der Waals surface area contributed by atoms with Gasteiger partial charge in [0.25, 0.3) is 0 Å². The zero-order chi connectivity index (χ0) is 13.1. The van der Waals surface area contributed by atoms with Crippen molar-refractivity contribution in [2.75, 3.05) is 0 Å². The summed E-state index contributed by atoms with van der Waals surface area (Å²) >= 11 is 0. The van der Waals surface area contributed by atoms with Crippen molar-refractivity contribution in [1.82, 2.24) is 9.55 Å². The number of imidazole rings is 1. The minimum atomic E-state index is -0.578. The molecule has 3 rings (SSSR count). The smallest absolute Gasteiger partial charge is 0.140 e. The van der Waals surface area contributed by atoms with Crippen molar-refractivity contribution >= 4 is 24.1 Å². The number of aryl methyl sites for hydroxylation is 1. The number of aromatic nitrogens is 2. The van der Waals surface area contributed by atoms with Crippen LogP contribution >= 0.6 is 7.92 Å². The summed E-state index contributed by atoms with van der Waals surface area (Å²) in [5.41, 5.74) is 1.13. The molecule has 19 heavy (non-hydrogen) atoms. The lowest BCUT2D eigenvalue weighted by atomic mass is 10.4. The molecule has 0 amide bonds. The van der Waals surface area contributed by atoms with E-state index in [0.717, 1.165) is 5.57 Å². The van der Waals surface area contributed by atoms with E-state index in [4.69, 9.17) is 0 Å². The number of hydrogen-bond acceptors (Lipinski definition) is 1. The molecule has 0 fully saturated rings.